The lowest BCUT2D eigenvalue weighted by atomic mass is 10.2. The van der Waals surface area contributed by atoms with E-state index < -0.39 is 19.5 Å². The molecule has 0 unspecified atom stereocenters. The van der Waals surface area contributed by atoms with Gasteiger partial charge in [-0.2, -0.15) is 0 Å². The van der Waals surface area contributed by atoms with Gasteiger partial charge in [-0.1, -0.05) is 121 Å². The topological polar surface area (TPSA) is 334 Å². The van der Waals surface area contributed by atoms with E-state index in [0.29, 0.717) is 73.6 Å². The Labute approximate surface area is 828 Å². The molecule has 0 atom stereocenters. The standard InChI is InChI=1S/C23H29Cl2N5O2Si.C17H15Cl2N5O2.C17H14ClN5O2.C13H17N3.C10H9BrN2.C8H6BrN.C5HCl3N2O/c1-23(2,3)33(4,5)32-11-10-30(22(31)18-19(24)27-14-28-20(18)25)17-12-15-8-9-29(16-6-7-16)21(15)26-13-17;18-14-13(15(19)22-9-21-14)17(26)24(5-6-25)12-7-10-3-4-23(11-1-2-11)16(10)20-8-12;18-14-13-16(21-9-20-14)25-6-5-23(17(13)24)12-7-10-3-4-22(11-1-2-11)15(10)19-8-12;1-2-6-14-11-8-10-5-7-16(12-3-4-12)13(10)15-9-11;11-8-5-7-3-4-13(9-1-2-9)10(7)12-6-8;9-7-4-6-2-1-3-8(6)10-5-7;6-3-2(5(8)11)4(7)10-1-9-3/h8-9,12-14,16H,6-7,10-11H2,1-5H3;3-4,7-9,11,25H,1-2,5-6H2;3-4,7-9,11H,1-2,5-6H2;5,7-9,12,14H,2-4,6H2,1H3;3-6,9H,1-2H2;1-2,4-5H,3H2;1H. The number of carbonyl (C=O) groups excluding carboxylic acids is 4. The lowest BCUT2D eigenvalue weighted by Crippen LogP contribution is -2.43. The minimum absolute atomic E-state index is 0.0000640. The van der Waals surface area contributed by atoms with Crippen molar-refractivity contribution >= 4 is 240 Å². The summed E-state index contributed by atoms with van der Waals surface area (Å²) in [6.07, 6.45) is 44.7. The minimum Gasteiger partial charge on any atom is -0.475 e. The number of amides is 3. The van der Waals surface area contributed by atoms with Crippen molar-refractivity contribution in [2.24, 2.45) is 0 Å². The van der Waals surface area contributed by atoms with E-state index in [9.17, 15) is 24.3 Å². The molecule has 694 valence electrons. The minimum atomic E-state index is -1.99. The maximum Gasteiger partial charge on any atom is 0.267 e. The fourth-order valence-corrected chi connectivity index (χ4v) is 18.5. The van der Waals surface area contributed by atoms with Crippen LogP contribution in [0.15, 0.2) is 175 Å². The third-order valence-electron chi connectivity index (χ3n) is 23.6. The van der Waals surface area contributed by atoms with Crippen LogP contribution >= 0.6 is 125 Å². The maximum atomic E-state index is 13.6. The number of carbonyl (C=O) groups is 4. The summed E-state index contributed by atoms with van der Waals surface area (Å²) in [5, 5.41) is 17.4. The molecule has 1 aliphatic heterocycles. The molecule has 134 heavy (non-hydrogen) atoms. The molecule has 30 nitrogen and oxygen atoms in total. The van der Waals surface area contributed by atoms with Crippen molar-refractivity contribution in [3.05, 3.63) is 245 Å². The van der Waals surface area contributed by atoms with Crippen LogP contribution < -0.4 is 24.8 Å². The molecule has 2 N–H and O–H groups in total. The molecule has 3 amide bonds. The highest BCUT2D eigenvalue weighted by Crippen LogP contribution is 2.44. The Bertz CT molecular complexity index is 6850. The second-order valence-corrected chi connectivity index (χ2v) is 43.7. The Hall–Kier alpha value is -10.2. The third-order valence-corrected chi connectivity index (χ3v) is 31.2. The van der Waals surface area contributed by atoms with E-state index in [1.807, 2.05) is 61.2 Å². The number of fused-ring (bicyclic) bond motifs is 7. The molecule has 22 rings (SSSR count). The first kappa shape index (κ1) is 96.9. The molecule has 0 bridgehead atoms. The number of hydrogen-bond donors (Lipinski definition) is 2. The monoisotopic (exact) mass is 2110 g/mol. The summed E-state index contributed by atoms with van der Waals surface area (Å²) in [5.41, 5.74) is 10.7. The molecule has 0 aromatic carbocycles. The second kappa shape index (κ2) is 42.6. The number of aromatic nitrogens is 19. The van der Waals surface area contributed by atoms with Crippen LogP contribution in [0.1, 0.15) is 181 Å². The average Bonchev–Trinajstić information content (AvgIpc) is 1.64. The van der Waals surface area contributed by atoms with E-state index in [1.54, 1.807) is 28.4 Å². The van der Waals surface area contributed by atoms with Gasteiger partial charge in [0.05, 0.1) is 73.0 Å². The van der Waals surface area contributed by atoms with Crippen molar-refractivity contribution < 1.29 is 33.4 Å². The molecule has 0 radical (unpaired) electrons. The van der Waals surface area contributed by atoms with Gasteiger partial charge in [0.15, 0.2) is 8.32 Å². The first-order valence-corrected chi connectivity index (χ1v) is 51.1. The maximum absolute atomic E-state index is 13.6. The predicted molar refractivity (Wildman–Crippen MR) is 535 cm³/mol. The van der Waals surface area contributed by atoms with Gasteiger partial charge in [-0.15, -0.1) is 0 Å². The van der Waals surface area contributed by atoms with Crippen LogP contribution in [0, 0.1) is 0 Å². The second-order valence-electron chi connectivity index (χ2n) is 34.2. The molecule has 5 fully saturated rings. The molecule has 15 aromatic rings. The lowest BCUT2D eigenvalue weighted by molar-refractivity contribution is 0.0973. The Kier molecular flexibility index (Phi) is 30.8. The molecule has 7 aliphatic rings. The van der Waals surface area contributed by atoms with Crippen molar-refractivity contribution in [1.82, 2.24) is 92.6 Å². The normalized spacial score (nSPS) is 14.8. The fourth-order valence-electron chi connectivity index (χ4n) is 14.9. The van der Waals surface area contributed by atoms with Crippen molar-refractivity contribution in [3.63, 3.8) is 0 Å². The van der Waals surface area contributed by atoms with E-state index >= 15 is 0 Å². The molecule has 41 heteroatoms. The number of nitrogens with zero attached hydrogens (tertiary/aromatic N) is 22. The van der Waals surface area contributed by atoms with Gasteiger partial charge in [-0.25, -0.2) is 64.8 Å². The Morgan fingerprint density at radius 3 is 1.37 bits per heavy atom. The number of aliphatic hydroxyl groups is 1. The number of nitrogens with one attached hydrogen (secondary N) is 1. The first-order valence-electron chi connectivity index (χ1n) is 43.6. The summed E-state index contributed by atoms with van der Waals surface area (Å²) >= 11 is 53.5. The van der Waals surface area contributed by atoms with Crippen molar-refractivity contribution in [2.75, 3.05) is 66.0 Å². The molecular weight excluding hydrogens is 2020 g/mol. The van der Waals surface area contributed by atoms with Crippen LogP contribution in [0.5, 0.6) is 5.88 Å². The number of pyridine rings is 6. The number of hydrogen-bond acceptors (Lipinski definition) is 22. The van der Waals surface area contributed by atoms with E-state index in [1.165, 1.54) is 97.3 Å². The summed E-state index contributed by atoms with van der Waals surface area (Å²) in [6.45, 7) is 15.4. The van der Waals surface area contributed by atoms with Gasteiger partial charge < -0.3 is 57.1 Å². The van der Waals surface area contributed by atoms with Gasteiger partial charge in [0.1, 0.15) is 118 Å². The van der Waals surface area contributed by atoms with Crippen molar-refractivity contribution in [2.45, 2.75) is 153 Å². The Morgan fingerprint density at radius 2 is 0.918 bits per heavy atom. The molecular formula is C93H91Br2Cl8N23O7Si. The first-order chi connectivity index (χ1) is 64.5. The van der Waals surface area contributed by atoms with Crippen LogP contribution in [0.25, 0.3) is 61.2 Å². The quantitative estimate of drug-likeness (QED) is 0.0406. The number of halogens is 10. The van der Waals surface area contributed by atoms with Gasteiger partial charge in [-0.3, -0.25) is 24.2 Å². The number of anilines is 4. The Balaban J connectivity index is 0.000000118. The summed E-state index contributed by atoms with van der Waals surface area (Å²) in [4.78, 5) is 112. The van der Waals surface area contributed by atoms with Crippen molar-refractivity contribution in [3.8, 4) is 5.88 Å². The zero-order chi connectivity index (χ0) is 94.4. The van der Waals surface area contributed by atoms with E-state index in [4.69, 9.17) is 102 Å². The average molecular weight is 2110 g/mol. The highest BCUT2D eigenvalue weighted by Gasteiger charge is 2.39. The van der Waals surface area contributed by atoms with Gasteiger partial charge >= 0.3 is 0 Å². The molecule has 6 aliphatic carbocycles. The SMILES string of the molecule is Brc1cnc2c(c1)C=CC2.Brc1cnc2c(ccn2C2CC2)c1.CC(C)(C)[Si](C)(C)OCCN(C(=O)c1c(Cl)ncnc1Cl)c1cnc2c(ccn2C2CC2)c1.CCCNc1cnc2c(ccn2C2CC2)c1.O=C(Cl)c1c(Cl)ncnc1Cl.O=C(c1c(Cl)ncnc1Cl)N(CCO)c1cnc2c(ccn2C2CC2)c1.O=C1c2c(Cl)ncnc2OCCN1c1cnc2c(ccn2C2CC2)c1. The van der Waals surface area contributed by atoms with E-state index in [2.05, 4.69) is 238 Å². The van der Waals surface area contributed by atoms with Gasteiger partial charge in [0.2, 0.25) is 5.88 Å². The smallest absolute Gasteiger partial charge is 0.267 e. The van der Waals surface area contributed by atoms with E-state index in [-0.39, 0.29) is 94.2 Å². The zero-order valence-electron chi connectivity index (χ0n) is 73.5. The zero-order valence-corrected chi connectivity index (χ0v) is 83.7. The molecule has 0 saturated heterocycles. The van der Waals surface area contributed by atoms with Gasteiger partial charge in [0, 0.05) is 136 Å². The summed E-state index contributed by atoms with van der Waals surface area (Å²) < 4.78 is 25.1. The van der Waals surface area contributed by atoms with Crippen LogP contribution in [-0.2, 0) is 10.8 Å². The van der Waals surface area contributed by atoms with Crippen molar-refractivity contribution in [1.29, 1.82) is 0 Å². The largest absolute Gasteiger partial charge is 0.475 e. The number of aliphatic hydroxyl groups excluding tert-OH is 1. The highest BCUT2D eigenvalue weighted by molar-refractivity contribution is 9.10. The summed E-state index contributed by atoms with van der Waals surface area (Å²) in [6, 6.07) is 25.6. The third kappa shape index (κ3) is 22.8. The molecule has 5 saturated carbocycles. The van der Waals surface area contributed by atoms with Gasteiger partial charge in [0.25, 0.3) is 23.0 Å². The van der Waals surface area contributed by atoms with E-state index in [0.717, 1.165) is 97.6 Å². The fraction of sp³-hybridized carbons (Fsp3) is 0.333. The number of allylic oxidation sites excluding steroid dienone is 1. The van der Waals surface area contributed by atoms with Crippen LogP contribution in [0.2, 0.25) is 54.2 Å². The summed E-state index contributed by atoms with van der Waals surface area (Å²) in [7, 11) is -1.99. The van der Waals surface area contributed by atoms with Crippen LogP contribution in [0.3, 0.4) is 0 Å². The van der Waals surface area contributed by atoms with Crippen LogP contribution in [-0.4, -0.2) is 175 Å². The molecule has 15 aromatic heterocycles. The van der Waals surface area contributed by atoms with Gasteiger partial charge in [-0.05, 0) is 205 Å². The lowest BCUT2D eigenvalue weighted by Gasteiger charge is -2.36. The molecule has 16 heterocycles. The molecule has 0 spiro atoms. The number of rotatable bonds is 20. The number of ether oxygens (including phenoxy) is 1. The highest BCUT2D eigenvalue weighted by atomic mass is 79.9. The predicted octanol–water partition coefficient (Wildman–Crippen LogP) is 23.0. The summed E-state index contributed by atoms with van der Waals surface area (Å²) in [5.74, 6) is -0.924. The van der Waals surface area contributed by atoms with Crippen LogP contribution in [0.4, 0.5) is 22.7 Å². The Morgan fingerprint density at radius 1 is 0.515 bits per heavy atom.